The van der Waals surface area contributed by atoms with Crippen molar-refractivity contribution in [3.8, 4) is 0 Å². The van der Waals surface area contributed by atoms with Gasteiger partial charge >= 0.3 is 0 Å². The number of imidazole rings is 1. The molecule has 3 fully saturated rings. The van der Waals surface area contributed by atoms with E-state index < -0.39 is 0 Å². The van der Waals surface area contributed by atoms with Gasteiger partial charge in [-0.1, -0.05) is 0 Å². The van der Waals surface area contributed by atoms with E-state index in [2.05, 4.69) is 21.4 Å². The number of hydrogen-bond donors (Lipinski definition) is 0. The van der Waals surface area contributed by atoms with Gasteiger partial charge in [-0.2, -0.15) is 0 Å². The second-order valence-corrected chi connectivity index (χ2v) is 8.57. The van der Waals surface area contributed by atoms with Crippen LogP contribution in [0.3, 0.4) is 0 Å². The summed E-state index contributed by atoms with van der Waals surface area (Å²) < 4.78 is 2.07. The highest BCUT2D eigenvalue weighted by Crippen LogP contribution is 2.43. The van der Waals surface area contributed by atoms with Crippen LogP contribution in [0.1, 0.15) is 63.7 Å². The van der Waals surface area contributed by atoms with Crippen LogP contribution in [0.15, 0.2) is 12.4 Å². The van der Waals surface area contributed by atoms with Crippen molar-refractivity contribution in [1.29, 1.82) is 0 Å². The summed E-state index contributed by atoms with van der Waals surface area (Å²) in [5.74, 6) is 1.54. The van der Waals surface area contributed by atoms with Crippen LogP contribution in [0, 0.1) is 12.3 Å². The summed E-state index contributed by atoms with van der Waals surface area (Å²) in [6.07, 6.45) is 10.4. The summed E-state index contributed by atoms with van der Waals surface area (Å²) in [6.45, 7) is 6.64. The number of amides is 2. The largest absolute Gasteiger partial charge is 0.343 e. The molecular weight excluding hydrogens is 328 g/mol. The maximum Gasteiger partial charge on any atom is 0.224 e. The van der Waals surface area contributed by atoms with Crippen molar-refractivity contribution in [1.82, 2.24) is 19.4 Å². The second-order valence-electron chi connectivity index (χ2n) is 8.57. The molecule has 1 atom stereocenters. The van der Waals surface area contributed by atoms with Gasteiger partial charge in [-0.15, -0.1) is 0 Å². The number of carbonyl (C=O) groups excluding carboxylic acids is 2. The molecule has 1 saturated carbocycles. The molecule has 3 aliphatic rings. The molecule has 1 unspecified atom stereocenters. The maximum absolute atomic E-state index is 12.7. The second kappa shape index (κ2) is 6.71. The Kier molecular flexibility index (Phi) is 4.53. The third-order valence-corrected chi connectivity index (χ3v) is 6.67. The average Bonchev–Trinajstić information content (AvgIpc) is 3.38. The maximum atomic E-state index is 12.7. The third-order valence-electron chi connectivity index (χ3n) is 6.67. The quantitative estimate of drug-likeness (QED) is 0.831. The minimum absolute atomic E-state index is 0.138. The molecule has 4 rings (SSSR count). The molecule has 1 aromatic heterocycles. The Morgan fingerprint density at radius 3 is 2.65 bits per heavy atom. The van der Waals surface area contributed by atoms with Gasteiger partial charge < -0.3 is 14.4 Å². The molecule has 0 radical (unpaired) electrons. The molecule has 0 aromatic carbocycles. The molecular formula is C20H30N4O2. The first-order chi connectivity index (χ1) is 12.5. The summed E-state index contributed by atoms with van der Waals surface area (Å²) >= 11 is 0. The van der Waals surface area contributed by atoms with Crippen molar-refractivity contribution in [2.24, 2.45) is 5.41 Å². The fraction of sp³-hybridized carbons (Fsp3) is 0.750. The molecule has 0 bridgehead atoms. The van der Waals surface area contributed by atoms with E-state index in [9.17, 15) is 9.59 Å². The smallest absolute Gasteiger partial charge is 0.224 e. The summed E-state index contributed by atoms with van der Waals surface area (Å²) in [5, 5.41) is 0. The molecule has 6 heteroatoms. The van der Waals surface area contributed by atoms with Gasteiger partial charge in [0.1, 0.15) is 5.82 Å². The topological polar surface area (TPSA) is 58.4 Å². The van der Waals surface area contributed by atoms with Gasteiger partial charge in [0.05, 0.1) is 0 Å². The lowest BCUT2D eigenvalue weighted by atomic mass is 9.72. The van der Waals surface area contributed by atoms with E-state index in [0.717, 1.165) is 44.7 Å². The monoisotopic (exact) mass is 358 g/mol. The molecule has 2 aliphatic heterocycles. The Hall–Kier alpha value is -1.85. The van der Waals surface area contributed by atoms with E-state index >= 15 is 0 Å². The molecule has 2 saturated heterocycles. The van der Waals surface area contributed by atoms with Gasteiger partial charge in [0.15, 0.2) is 0 Å². The predicted octanol–water partition coefficient (Wildman–Crippen LogP) is 2.54. The van der Waals surface area contributed by atoms with Crippen LogP contribution in [0.4, 0.5) is 0 Å². The molecule has 6 nitrogen and oxygen atoms in total. The van der Waals surface area contributed by atoms with Gasteiger partial charge in [-0.3, -0.25) is 9.59 Å². The molecule has 2 amide bonds. The van der Waals surface area contributed by atoms with Crippen LogP contribution in [-0.2, 0) is 9.59 Å². The summed E-state index contributed by atoms with van der Waals surface area (Å²) in [6, 6.07) is 0.650. The van der Waals surface area contributed by atoms with Crippen molar-refractivity contribution in [2.45, 2.75) is 70.9 Å². The first kappa shape index (κ1) is 17.6. The van der Waals surface area contributed by atoms with E-state index in [1.807, 2.05) is 18.0 Å². The Labute approximate surface area is 155 Å². The first-order valence-electron chi connectivity index (χ1n) is 10.0. The average molecular weight is 358 g/mol. The van der Waals surface area contributed by atoms with Crippen molar-refractivity contribution in [2.75, 3.05) is 19.6 Å². The molecule has 1 spiro atoms. The van der Waals surface area contributed by atoms with Crippen molar-refractivity contribution in [3.05, 3.63) is 18.2 Å². The van der Waals surface area contributed by atoms with Gasteiger partial charge in [0.25, 0.3) is 0 Å². The molecule has 26 heavy (non-hydrogen) atoms. The number of likely N-dealkylation sites (tertiary alicyclic amines) is 2. The number of hydrogen-bond acceptors (Lipinski definition) is 3. The Morgan fingerprint density at radius 2 is 2.04 bits per heavy atom. The molecule has 1 aromatic rings. The van der Waals surface area contributed by atoms with E-state index in [1.54, 1.807) is 6.20 Å². The lowest BCUT2D eigenvalue weighted by Crippen LogP contribution is -2.53. The SMILES string of the molecule is Cc1nccn1C(C)CC(=O)N1CCC2(CCC(=O)N(C3CC3)C2)CC1. The molecule has 3 heterocycles. The van der Waals surface area contributed by atoms with Crippen molar-refractivity contribution >= 4 is 11.8 Å². The zero-order chi connectivity index (χ0) is 18.3. The van der Waals surface area contributed by atoms with Crippen LogP contribution in [0.5, 0.6) is 0 Å². The van der Waals surface area contributed by atoms with Crippen molar-refractivity contribution in [3.63, 3.8) is 0 Å². The third kappa shape index (κ3) is 3.38. The fourth-order valence-electron chi connectivity index (χ4n) is 4.74. The zero-order valence-electron chi connectivity index (χ0n) is 16.0. The highest BCUT2D eigenvalue weighted by Gasteiger charge is 2.45. The molecule has 1 aliphatic carbocycles. The number of aryl methyl sites for hydroxylation is 1. The van der Waals surface area contributed by atoms with Crippen molar-refractivity contribution < 1.29 is 9.59 Å². The van der Waals surface area contributed by atoms with E-state index in [4.69, 9.17) is 0 Å². The van der Waals surface area contributed by atoms with E-state index in [1.165, 1.54) is 12.8 Å². The first-order valence-corrected chi connectivity index (χ1v) is 10.0. The summed E-state index contributed by atoms with van der Waals surface area (Å²) in [4.78, 5) is 33.4. The van der Waals surface area contributed by atoms with Crippen LogP contribution in [0.2, 0.25) is 0 Å². The van der Waals surface area contributed by atoms with Crippen LogP contribution >= 0.6 is 0 Å². The normalized spacial score (nSPS) is 24.2. The predicted molar refractivity (Wildman–Crippen MR) is 98.5 cm³/mol. The highest BCUT2D eigenvalue weighted by molar-refractivity contribution is 5.78. The minimum atomic E-state index is 0.138. The van der Waals surface area contributed by atoms with Gasteiger partial charge in [-0.25, -0.2) is 4.98 Å². The summed E-state index contributed by atoms with van der Waals surface area (Å²) in [7, 11) is 0. The lowest BCUT2D eigenvalue weighted by molar-refractivity contribution is -0.143. The fourth-order valence-corrected chi connectivity index (χ4v) is 4.74. The number of aromatic nitrogens is 2. The van der Waals surface area contributed by atoms with E-state index in [-0.39, 0.29) is 17.4 Å². The van der Waals surface area contributed by atoms with Gasteiger partial charge in [-0.05, 0) is 51.4 Å². The number of piperidine rings is 2. The minimum Gasteiger partial charge on any atom is -0.343 e. The Balaban J connectivity index is 1.32. The molecule has 142 valence electrons. The highest BCUT2D eigenvalue weighted by atomic mass is 16.2. The Bertz CT molecular complexity index is 686. The summed E-state index contributed by atoms with van der Waals surface area (Å²) in [5.41, 5.74) is 0.250. The lowest BCUT2D eigenvalue weighted by Gasteiger charge is -2.47. The number of carbonyl (C=O) groups is 2. The standard InChI is InChI=1S/C20H30N4O2/c1-15(23-12-9-21-16(23)2)13-19(26)22-10-7-20(8-11-22)6-5-18(25)24(14-20)17-3-4-17/h9,12,15,17H,3-8,10-11,13-14H2,1-2H3. The van der Waals surface area contributed by atoms with Crippen LogP contribution < -0.4 is 0 Å². The van der Waals surface area contributed by atoms with Gasteiger partial charge in [0.2, 0.25) is 11.8 Å². The van der Waals surface area contributed by atoms with E-state index in [0.29, 0.717) is 24.8 Å². The zero-order valence-corrected chi connectivity index (χ0v) is 16.0. The Morgan fingerprint density at radius 1 is 1.31 bits per heavy atom. The molecule has 0 N–H and O–H groups in total. The number of rotatable bonds is 4. The van der Waals surface area contributed by atoms with Gasteiger partial charge in [0, 0.05) is 57.0 Å². The number of nitrogens with zero attached hydrogens (tertiary/aromatic N) is 4. The van der Waals surface area contributed by atoms with Crippen LogP contribution in [0.25, 0.3) is 0 Å². The van der Waals surface area contributed by atoms with Crippen LogP contribution in [-0.4, -0.2) is 56.8 Å².